The van der Waals surface area contributed by atoms with Gasteiger partial charge >= 0.3 is 0 Å². The Morgan fingerprint density at radius 3 is 2.47 bits per heavy atom. The van der Waals surface area contributed by atoms with Crippen molar-refractivity contribution in [3.8, 4) is 5.75 Å². The standard InChI is InChI=1S/C27H30N4O3/c1-17(2)21-15-20(34-16-19-7-4-5-14-29-19)10-11-24(21)30-22-8-6-9-23(18(22)3)31-26(33)27(12-13-27)25(28)32/h4-11,14-15,17,30H,12-13,16H2,1-3H3,(H2,28,32)(H,31,33). The Kier molecular flexibility index (Phi) is 6.54. The van der Waals surface area contributed by atoms with Crippen LogP contribution < -0.4 is 21.1 Å². The lowest BCUT2D eigenvalue weighted by molar-refractivity contribution is -0.132. The van der Waals surface area contributed by atoms with Crippen LogP contribution in [-0.4, -0.2) is 16.8 Å². The van der Waals surface area contributed by atoms with Crippen LogP contribution in [0.3, 0.4) is 0 Å². The summed E-state index contributed by atoms with van der Waals surface area (Å²) in [5.41, 5.74) is 9.72. The molecule has 0 saturated heterocycles. The summed E-state index contributed by atoms with van der Waals surface area (Å²) in [5.74, 6) is 0.134. The normalized spacial score (nSPS) is 13.9. The van der Waals surface area contributed by atoms with Crippen LogP contribution in [-0.2, 0) is 16.2 Å². The van der Waals surface area contributed by atoms with Gasteiger partial charge in [-0.2, -0.15) is 0 Å². The Bertz CT molecular complexity index is 1200. The number of nitrogens with two attached hydrogens (primary N) is 1. The third-order valence-electron chi connectivity index (χ3n) is 6.27. The third kappa shape index (κ3) is 4.88. The maximum atomic E-state index is 12.7. The largest absolute Gasteiger partial charge is 0.487 e. The molecule has 2 aromatic carbocycles. The zero-order valence-electron chi connectivity index (χ0n) is 19.7. The quantitative estimate of drug-likeness (QED) is 0.390. The second kappa shape index (κ2) is 9.55. The SMILES string of the molecule is Cc1c(NC(=O)C2(C(N)=O)CC2)cccc1Nc1ccc(OCc2ccccn2)cc1C(C)C. The van der Waals surface area contributed by atoms with Crippen molar-refractivity contribution in [1.29, 1.82) is 0 Å². The molecule has 176 valence electrons. The number of amides is 2. The number of hydrogen-bond acceptors (Lipinski definition) is 5. The van der Waals surface area contributed by atoms with Crippen LogP contribution in [0.1, 0.15) is 49.4 Å². The number of nitrogens with one attached hydrogen (secondary N) is 2. The van der Waals surface area contributed by atoms with Crippen molar-refractivity contribution < 1.29 is 14.3 Å². The number of anilines is 3. The van der Waals surface area contributed by atoms with Gasteiger partial charge in [-0.05, 0) is 79.3 Å². The third-order valence-corrected chi connectivity index (χ3v) is 6.27. The van der Waals surface area contributed by atoms with Crippen LogP contribution >= 0.6 is 0 Å². The van der Waals surface area contributed by atoms with E-state index in [1.54, 1.807) is 6.20 Å². The minimum absolute atomic E-state index is 0.259. The number of benzene rings is 2. The summed E-state index contributed by atoms with van der Waals surface area (Å²) >= 11 is 0. The smallest absolute Gasteiger partial charge is 0.240 e. The van der Waals surface area contributed by atoms with Crippen LogP contribution in [0.4, 0.5) is 17.1 Å². The minimum atomic E-state index is -1.06. The maximum absolute atomic E-state index is 12.7. The molecule has 1 heterocycles. The highest BCUT2D eigenvalue weighted by molar-refractivity contribution is 6.12. The fourth-order valence-corrected chi connectivity index (χ4v) is 3.87. The van der Waals surface area contributed by atoms with E-state index >= 15 is 0 Å². The lowest BCUT2D eigenvalue weighted by Crippen LogP contribution is -2.36. The van der Waals surface area contributed by atoms with E-state index in [1.807, 2.05) is 61.5 Å². The molecule has 34 heavy (non-hydrogen) atoms. The number of hydrogen-bond donors (Lipinski definition) is 3. The first kappa shape index (κ1) is 23.3. The highest BCUT2D eigenvalue weighted by atomic mass is 16.5. The molecule has 0 unspecified atom stereocenters. The van der Waals surface area contributed by atoms with Crippen molar-refractivity contribution in [3.63, 3.8) is 0 Å². The predicted molar refractivity (Wildman–Crippen MR) is 133 cm³/mol. The van der Waals surface area contributed by atoms with Gasteiger partial charge in [0.15, 0.2) is 0 Å². The minimum Gasteiger partial charge on any atom is -0.487 e. The molecule has 4 rings (SSSR count). The summed E-state index contributed by atoms with van der Waals surface area (Å²) in [6.45, 7) is 6.59. The van der Waals surface area contributed by atoms with Crippen LogP contribution in [0.15, 0.2) is 60.8 Å². The molecule has 1 aliphatic rings. The highest BCUT2D eigenvalue weighted by Gasteiger charge is 2.55. The van der Waals surface area contributed by atoms with Crippen LogP contribution in [0.2, 0.25) is 0 Å². The molecule has 1 fully saturated rings. The van der Waals surface area contributed by atoms with Crippen LogP contribution in [0.25, 0.3) is 0 Å². The molecule has 0 spiro atoms. The molecule has 1 saturated carbocycles. The van der Waals surface area contributed by atoms with Crippen LogP contribution in [0, 0.1) is 12.3 Å². The van der Waals surface area contributed by atoms with Gasteiger partial charge < -0.3 is 21.1 Å². The molecule has 2 amide bonds. The summed E-state index contributed by atoms with van der Waals surface area (Å²) in [6, 6.07) is 17.4. The molecular weight excluding hydrogens is 428 g/mol. The molecule has 0 bridgehead atoms. The molecule has 0 atom stereocenters. The van der Waals surface area contributed by atoms with Crippen molar-refractivity contribution >= 4 is 28.9 Å². The Labute approximate surface area is 199 Å². The second-order valence-electron chi connectivity index (χ2n) is 9.02. The Morgan fingerprint density at radius 1 is 1.06 bits per heavy atom. The van der Waals surface area contributed by atoms with E-state index in [0.29, 0.717) is 25.1 Å². The average molecular weight is 459 g/mol. The molecule has 3 aromatic rings. The molecule has 1 aromatic heterocycles. The molecule has 1 aliphatic carbocycles. The number of pyridine rings is 1. The average Bonchev–Trinajstić information content (AvgIpc) is 3.64. The molecule has 0 aliphatic heterocycles. The van der Waals surface area contributed by atoms with E-state index in [4.69, 9.17) is 10.5 Å². The first-order chi connectivity index (χ1) is 16.3. The van der Waals surface area contributed by atoms with E-state index < -0.39 is 11.3 Å². The zero-order valence-corrected chi connectivity index (χ0v) is 19.7. The molecule has 7 nitrogen and oxygen atoms in total. The van der Waals surface area contributed by atoms with Crippen LogP contribution in [0.5, 0.6) is 5.75 Å². The first-order valence-electron chi connectivity index (χ1n) is 11.4. The van der Waals surface area contributed by atoms with Gasteiger partial charge in [0.25, 0.3) is 0 Å². The van der Waals surface area contributed by atoms with Crippen molar-refractivity contribution in [3.05, 3.63) is 77.6 Å². The maximum Gasteiger partial charge on any atom is 0.240 e. The van der Waals surface area contributed by atoms with Gasteiger partial charge in [0.1, 0.15) is 17.8 Å². The van der Waals surface area contributed by atoms with Gasteiger partial charge in [-0.25, -0.2) is 0 Å². The molecular formula is C27H30N4O3. The number of carbonyl (C=O) groups excluding carboxylic acids is 2. The lowest BCUT2D eigenvalue weighted by Gasteiger charge is -2.20. The monoisotopic (exact) mass is 458 g/mol. The zero-order chi connectivity index (χ0) is 24.3. The second-order valence-corrected chi connectivity index (χ2v) is 9.02. The summed E-state index contributed by atoms with van der Waals surface area (Å²) in [6.07, 6.45) is 2.75. The number of ether oxygens (including phenoxy) is 1. The number of carbonyl (C=O) groups is 2. The molecule has 4 N–H and O–H groups in total. The van der Waals surface area contributed by atoms with Crippen molar-refractivity contribution in [2.24, 2.45) is 11.1 Å². The molecule has 7 heteroatoms. The van der Waals surface area contributed by atoms with E-state index in [9.17, 15) is 9.59 Å². The Morgan fingerprint density at radius 2 is 1.82 bits per heavy atom. The van der Waals surface area contributed by atoms with E-state index in [0.717, 1.165) is 33.9 Å². The van der Waals surface area contributed by atoms with Gasteiger partial charge in [0.2, 0.25) is 11.8 Å². The summed E-state index contributed by atoms with van der Waals surface area (Å²) < 4.78 is 5.96. The molecule has 0 radical (unpaired) electrons. The van der Waals surface area contributed by atoms with E-state index in [2.05, 4.69) is 29.5 Å². The number of aromatic nitrogens is 1. The van der Waals surface area contributed by atoms with Crippen molar-refractivity contribution in [2.45, 2.75) is 46.1 Å². The van der Waals surface area contributed by atoms with Gasteiger partial charge in [-0.3, -0.25) is 14.6 Å². The van der Waals surface area contributed by atoms with Gasteiger partial charge in [-0.1, -0.05) is 26.0 Å². The van der Waals surface area contributed by atoms with Crippen molar-refractivity contribution in [2.75, 3.05) is 10.6 Å². The van der Waals surface area contributed by atoms with Gasteiger partial charge in [0.05, 0.1) is 5.69 Å². The first-order valence-corrected chi connectivity index (χ1v) is 11.4. The highest BCUT2D eigenvalue weighted by Crippen LogP contribution is 2.46. The van der Waals surface area contributed by atoms with E-state index in [1.165, 1.54) is 0 Å². The lowest BCUT2D eigenvalue weighted by atomic mass is 10.00. The number of nitrogens with zero attached hydrogens (tertiary/aromatic N) is 1. The van der Waals surface area contributed by atoms with Crippen molar-refractivity contribution in [1.82, 2.24) is 4.98 Å². The number of rotatable bonds is 9. The van der Waals surface area contributed by atoms with Gasteiger partial charge in [0, 0.05) is 23.3 Å². The predicted octanol–water partition coefficient (Wildman–Crippen LogP) is 5.04. The van der Waals surface area contributed by atoms with Gasteiger partial charge in [-0.15, -0.1) is 0 Å². The Balaban J connectivity index is 1.52. The summed E-state index contributed by atoms with van der Waals surface area (Å²) in [4.78, 5) is 28.7. The Hall–Kier alpha value is -3.87. The summed E-state index contributed by atoms with van der Waals surface area (Å²) in [7, 11) is 0. The fraction of sp³-hybridized carbons (Fsp3) is 0.296. The number of primary amides is 1. The fourth-order valence-electron chi connectivity index (χ4n) is 3.87. The summed E-state index contributed by atoms with van der Waals surface area (Å²) in [5, 5.41) is 6.40. The topological polar surface area (TPSA) is 106 Å². The van der Waals surface area contributed by atoms with E-state index in [-0.39, 0.29) is 11.8 Å².